The van der Waals surface area contributed by atoms with Crippen molar-refractivity contribution in [1.29, 1.82) is 0 Å². The molecule has 3 aromatic carbocycles. The molecule has 3 rings (SSSR count). The molecule has 0 radical (unpaired) electrons. The van der Waals surface area contributed by atoms with Crippen molar-refractivity contribution < 1.29 is 13.5 Å². The number of fused-ring (bicyclic) bond motifs is 1. The van der Waals surface area contributed by atoms with E-state index in [2.05, 4.69) is 4.72 Å². The molecule has 0 aliphatic carbocycles. The summed E-state index contributed by atoms with van der Waals surface area (Å²) in [4.78, 5) is 0.121. The molecule has 3 atom stereocenters. The highest BCUT2D eigenvalue weighted by molar-refractivity contribution is 7.89. The molecule has 0 saturated carbocycles. The molecular weight excluding hydrogens is 394 g/mol. The normalized spacial score (nSPS) is 15.3. The molecule has 0 aromatic heterocycles. The Labute approximate surface area is 171 Å². The van der Waals surface area contributed by atoms with Crippen LogP contribution in [0.2, 0.25) is 5.02 Å². The number of aliphatic hydroxyl groups is 1. The Balaban J connectivity index is 1.99. The summed E-state index contributed by atoms with van der Waals surface area (Å²) in [6.07, 6.45) is -0.265. The van der Waals surface area contributed by atoms with Gasteiger partial charge in [0.05, 0.1) is 17.0 Å². The van der Waals surface area contributed by atoms with E-state index in [0.717, 1.165) is 17.2 Å². The topological polar surface area (TPSA) is 66.4 Å². The van der Waals surface area contributed by atoms with E-state index in [1.165, 1.54) is 24.3 Å². The molecule has 0 saturated heterocycles. The fraction of sp³-hybridized carbons (Fsp3) is 0.273. The van der Waals surface area contributed by atoms with E-state index >= 15 is 0 Å². The van der Waals surface area contributed by atoms with Crippen molar-refractivity contribution in [2.45, 2.75) is 37.3 Å². The summed E-state index contributed by atoms with van der Waals surface area (Å²) in [5.74, 6) is -0.0731. The first-order valence-electron chi connectivity index (χ1n) is 9.27. The highest BCUT2D eigenvalue weighted by Gasteiger charge is 2.31. The van der Waals surface area contributed by atoms with E-state index in [4.69, 9.17) is 11.6 Å². The maximum absolute atomic E-state index is 12.9. The molecular formula is C22H24ClNO3S. The molecule has 0 aliphatic heterocycles. The number of hydrogen-bond donors (Lipinski definition) is 2. The number of aliphatic hydroxyl groups excluding tert-OH is 1. The summed E-state index contributed by atoms with van der Waals surface area (Å²) in [5, 5.41) is 13.6. The van der Waals surface area contributed by atoms with Gasteiger partial charge < -0.3 is 5.11 Å². The molecule has 28 heavy (non-hydrogen) atoms. The van der Waals surface area contributed by atoms with Gasteiger partial charge in [-0.3, -0.25) is 0 Å². The zero-order valence-corrected chi connectivity index (χ0v) is 17.4. The summed E-state index contributed by atoms with van der Waals surface area (Å²) in [6.45, 7) is 3.91. The van der Waals surface area contributed by atoms with Crippen molar-refractivity contribution in [3.63, 3.8) is 0 Å². The maximum atomic E-state index is 12.9. The summed E-state index contributed by atoms with van der Waals surface area (Å²) in [5.41, 5.74) is 0.710. The lowest BCUT2D eigenvalue weighted by Gasteiger charge is -2.29. The minimum atomic E-state index is -3.81. The van der Waals surface area contributed by atoms with Gasteiger partial charge in [0.2, 0.25) is 10.0 Å². The second-order valence-corrected chi connectivity index (χ2v) is 9.15. The third kappa shape index (κ3) is 4.39. The van der Waals surface area contributed by atoms with E-state index < -0.39 is 22.2 Å². The molecule has 0 spiro atoms. The van der Waals surface area contributed by atoms with Gasteiger partial charge in [-0.15, -0.1) is 0 Å². The number of benzene rings is 3. The lowest BCUT2D eigenvalue weighted by molar-refractivity contribution is 0.113. The lowest BCUT2D eigenvalue weighted by atomic mass is 9.89. The molecule has 3 unspecified atom stereocenters. The zero-order chi connectivity index (χ0) is 20.3. The molecule has 0 bridgehead atoms. The van der Waals surface area contributed by atoms with Gasteiger partial charge in [-0.05, 0) is 46.5 Å². The Morgan fingerprint density at radius 2 is 1.64 bits per heavy atom. The summed E-state index contributed by atoms with van der Waals surface area (Å²) in [7, 11) is -3.81. The zero-order valence-electron chi connectivity index (χ0n) is 15.8. The number of halogens is 1. The van der Waals surface area contributed by atoms with Crippen LogP contribution in [0.1, 0.15) is 31.9 Å². The van der Waals surface area contributed by atoms with Gasteiger partial charge in [0.1, 0.15) is 0 Å². The van der Waals surface area contributed by atoms with Crippen molar-refractivity contribution in [3.8, 4) is 0 Å². The van der Waals surface area contributed by atoms with Gasteiger partial charge in [0.25, 0.3) is 0 Å². The Morgan fingerprint density at radius 3 is 2.32 bits per heavy atom. The van der Waals surface area contributed by atoms with E-state index in [0.29, 0.717) is 10.6 Å². The molecule has 0 amide bonds. The highest BCUT2D eigenvalue weighted by atomic mass is 35.5. The predicted molar refractivity (Wildman–Crippen MR) is 114 cm³/mol. The van der Waals surface area contributed by atoms with Crippen LogP contribution in [0.3, 0.4) is 0 Å². The van der Waals surface area contributed by atoms with Crippen LogP contribution in [0.25, 0.3) is 10.8 Å². The number of hydrogen-bond acceptors (Lipinski definition) is 3. The molecule has 4 nitrogen and oxygen atoms in total. The van der Waals surface area contributed by atoms with Crippen molar-refractivity contribution >= 4 is 32.4 Å². The third-order valence-electron chi connectivity index (χ3n) is 5.15. The van der Waals surface area contributed by atoms with Crippen LogP contribution in [0.15, 0.2) is 71.6 Å². The summed E-state index contributed by atoms with van der Waals surface area (Å²) in [6, 6.07) is 18.8. The number of sulfonamides is 1. The van der Waals surface area contributed by atoms with Crippen molar-refractivity contribution in [1.82, 2.24) is 4.72 Å². The highest BCUT2D eigenvalue weighted by Crippen LogP contribution is 2.30. The second kappa shape index (κ2) is 8.62. The smallest absolute Gasteiger partial charge is 0.240 e. The fourth-order valence-electron chi connectivity index (χ4n) is 3.31. The van der Waals surface area contributed by atoms with Crippen molar-refractivity contribution in [2.24, 2.45) is 5.92 Å². The Kier molecular flexibility index (Phi) is 6.40. The van der Waals surface area contributed by atoms with Crippen molar-refractivity contribution in [3.05, 3.63) is 77.3 Å². The minimum Gasteiger partial charge on any atom is -0.387 e. The van der Waals surface area contributed by atoms with Crippen LogP contribution >= 0.6 is 11.6 Å². The number of rotatable bonds is 7. The molecule has 3 aromatic rings. The Morgan fingerprint density at radius 1 is 1.00 bits per heavy atom. The van der Waals surface area contributed by atoms with Crippen LogP contribution < -0.4 is 4.72 Å². The standard InChI is InChI=1S/C22H24ClNO3S/c1-3-15(2)21(24-28(26,27)18-13-11-17(23)12-14-18)22(25)20-10-6-8-16-7-4-5-9-19(16)20/h4-15,21-22,24-25H,3H2,1-2H3. The monoisotopic (exact) mass is 417 g/mol. The van der Waals surface area contributed by atoms with Gasteiger partial charge in [0, 0.05) is 5.02 Å². The molecule has 2 N–H and O–H groups in total. The van der Waals surface area contributed by atoms with E-state index in [1.807, 2.05) is 56.3 Å². The fourth-order valence-corrected chi connectivity index (χ4v) is 4.78. The van der Waals surface area contributed by atoms with Crippen LogP contribution in [-0.4, -0.2) is 19.6 Å². The molecule has 0 heterocycles. The first kappa shape index (κ1) is 20.8. The largest absolute Gasteiger partial charge is 0.387 e. The third-order valence-corrected chi connectivity index (χ3v) is 6.88. The lowest BCUT2D eigenvalue weighted by Crippen LogP contribution is -2.43. The molecule has 0 aliphatic rings. The van der Waals surface area contributed by atoms with E-state index in [9.17, 15) is 13.5 Å². The average Bonchev–Trinajstić information content (AvgIpc) is 2.71. The average molecular weight is 418 g/mol. The van der Waals surface area contributed by atoms with E-state index in [-0.39, 0.29) is 10.8 Å². The summed E-state index contributed by atoms with van der Waals surface area (Å²) >= 11 is 5.87. The van der Waals surface area contributed by atoms with E-state index in [1.54, 1.807) is 0 Å². The molecule has 6 heteroatoms. The first-order chi connectivity index (χ1) is 13.3. The minimum absolute atomic E-state index is 0.0731. The van der Waals surface area contributed by atoms with Gasteiger partial charge in [0.15, 0.2) is 0 Å². The van der Waals surface area contributed by atoms with Crippen LogP contribution in [0.5, 0.6) is 0 Å². The molecule has 148 valence electrons. The van der Waals surface area contributed by atoms with Gasteiger partial charge >= 0.3 is 0 Å². The molecule has 0 fully saturated rings. The predicted octanol–water partition coefficient (Wildman–Crippen LogP) is 4.92. The Bertz CT molecular complexity index is 1050. The first-order valence-corrected chi connectivity index (χ1v) is 11.1. The SMILES string of the molecule is CCC(C)C(NS(=O)(=O)c1ccc(Cl)cc1)C(O)c1cccc2ccccc12. The second-order valence-electron chi connectivity index (χ2n) is 7.00. The maximum Gasteiger partial charge on any atom is 0.240 e. The van der Waals surface area contributed by atoms with Crippen LogP contribution in [0.4, 0.5) is 0 Å². The van der Waals surface area contributed by atoms with Gasteiger partial charge in [-0.2, -0.15) is 0 Å². The quantitative estimate of drug-likeness (QED) is 0.573. The van der Waals surface area contributed by atoms with Crippen molar-refractivity contribution in [2.75, 3.05) is 0 Å². The van der Waals surface area contributed by atoms with Gasteiger partial charge in [-0.25, -0.2) is 13.1 Å². The summed E-state index contributed by atoms with van der Waals surface area (Å²) < 4.78 is 28.5. The van der Waals surface area contributed by atoms with Gasteiger partial charge in [-0.1, -0.05) is 74.3 Å². The Hall–Kier alpha value is -1.92. The van der Waals surface area contributed by atoms with Crippen LogP contribution in [-0.2, 0) is 10.0 Å². The van der Waals surface area contributed by atoms with Crippen LogP contribution in [0, 0.1) is 5.92 Å². The number of nitrogens with one attached hydrogen (secondary N) is 1.